The molecule has 0 fully saturated rings. The van der Waals surface area contributed by atoms with Crippen molar-refractivity contribution in [2.24, 2.45) is 10.9 Å². The van der Waals surface area contributed by atoms with Gasteiger partial charge in [0.05, 0.1) is 18.2 Å². The molecule has 1 aliphatic heterocycles. The quantitative estimate of drug-likeness (QED) is 0.786. The maximum atomic E-state index is 12.5. The fourth-order valence-electron chi connectivity index (χ4n) is 2.24. The Morgan fingerprint density at radius 1 is 1.35 bits per heavy atom. The third-order valence-electron chi connectivity index (χ3n) is 3.22. The molecule has 5 heteroatoms. The monoisotopic (exact) mass is 302 g/mol. The molecule has 0 spiro atoms. The van der Waals surface area contributed by atoms with Crippen LogP contribution >= 0.6 is 23.8 Å². The number of nitrogens with zero attached hydrogens (tertiary/aromatic N) is 2. The number of carbonyl (C=O) groups is 1. The molecule has 3 nitrogen and oxygen atoms in total. The van der Waals surface area contributed by atoms with Gasteiger partial charge in [-0.25, -0.2) is 4.99 Å². The maximum absolute atomic E-state index is 12.5. The standard InChI is InChI=1S/C15H11ClN2OS/c16-11-5-3-4-10(8-11)9-18-14(19)12-6-1-2-7-13(12)17-15(18)20/h1-8,12H,9H2. The van der Waals surface area contributed by atoms with E-state index in [2.05, 4.69) is 4.99 Å². The van der Waals surface area contributed by atoms with E-state index in [9.17, 15) is 4.79 Å². The molecule has 1 amide bonds. The number of amides is 1. The lowest BCUT2D eigenvalue weighted by atomic mass is 9.95. The third kappa shape index (κ3) is 2.44. The summed E-state index contributed by atoms with van der Waals surface area (Å²) in [5.41, 5.74) is 1.65. The van der Waals surface area contributed by atoms with Crippen molar-refractivity contribution in [1.29, 1.82) is 0 Å². The van der Waals surface area contributed by atoms with Gasteiger partial charge in [-0.2, -0.15) is 0 Å². The van der Waals surface area contributed by atoms with Gasteiger partial charge in [0, 0.05) is 5.02 Å². The lowest BCUT2D eigenvalue weighted by Gasteiger charge is -2.30. The molecule has 1 aromatic rings. The number of rotatable bonds is 2. The Bertz CT molecular complexity index is 678. The minimum Gasteiger partial charge on any atom is -0.282 e. The lowest BCUT2D eigenvalue weighted by molar-refractivity contribution is -0.128. The molecule has 0 bridgehead atoms. The second-order valence-corrected chi connectivity index (χ2v) is 5.40. The van der Waals surface area contributed by atoms with E-state index in [0.29, 0.717) is 22.4 Å². The molecule has 3 rings (SSSR count). The zero-order valence-electron chi connectivity index (χ0n) is 10.5. The molecule has 1 aromatic carbocycles. The summed E-state index contributed by atoms with van der Waals surface area (Å²) in [5, 5.41) is 0.948. The predicted molar refractivity (Wildman–Crippen MR) is 83.8 cm³/mol. The van der Waals surface area contributed by atoms with Gasteiger partial charge < -0.3 is 0 Å². The van der Waals surface area contributed by atoms with Crippen molar-refractivity contribution in [3.63, 3.8) is 0 Å². The molecular formula is C15H11ClN2OS. The molecule has 1 atom stereocenters. The highest BCUT2D eigenvalue weighted by molar-refractivity contribution is 7.80. The van der Waals surface area contributed by atoms with Crippen LogP contribution in [0.25, 0.3) is 0 Å². The number of carbonyl (C=O) groups excluding carboxylic acids is 1. The summed E-state index contributed by atoms with van der Waals surface area (Å²) in [5.74, 6) is -0.369. The van der Waals surface area contributed by atoms with Crippen LogP contribution in [0.2, 0.25) is 5.02 Å². The van der Waals surface area contributed by atoms with Gasteiger partial charge >= 0.3 is 0 Å². The Morgan fingerprint density at radius 2 is 2.20 bits per heavy atom. The summed E-state index contributed by atoms with van der Waals surface area (Å²) >= 11 is 11.2. The van der Waals surface area contributed by atoms with Crippen LogP contribution in [0.1, 0.15) is 5.56 Å². The van der Waals surface area contributed by atoms with Crippen molar-refractivity contribution in [3.8, 4) is 0 Å². The minimum absolute atomic E-state index is 0.0411. The zero-order valence-corrected chi connectivity index (χ0v) is 12.1. The summed E-state index contributed by atoms with van der Waals surface area (Å²) in [6.45, 7) is 0.392. The summed E-state index contributed by atoms with van der Waals surface area (Å²) in [6.07, 6.45) is 7.38. The summed E-state index contributed by atoms with van der Waals surface area (Å²) in [6, 6.07) is 7.39. The molecule has 0 N–H and O–H groups in total. The maximum Gasteiger partial charge on any atom is 0.242 e. The van der Waals surface area contributed by atoms with E-state index in [0.717, 1.165) is 5.56 Å². The first-order valence-corrected chi connectivity index (χ1v) is 6.97. The van der Waals surface area contributed by atoms with E-state index in [-0.39, 0.29) is 11.8 Å². The van der Waals surface area contributed by atoms with Gasteiger partial charge in [0.2, 0.25) is 11.0 Å². The SMILES string of the molecule is O=C1C2C=CC=CC2=NC(=S)N1Cc1cccc(Cl)c1. The first-order valence-electron chi connectivity index (χ1n) is 6.18. The summed E-state index contributed by atoms with van der Waals surface area (Å²) in [4.78, 5) is 18.4. The Labute approximate surface area is 127 Å². The number of hydrogen-bond donors (Lipinski definition) is 0. The number of benzene rings is 1. The van der Waals surface area contributed by atoms with Crippen LogP contribution < -0.4 is 0 Å². The van der Waals surface area contributed by atoms with E-state index in [1.54, 1.807) is 6.07 Å². The highest BCUT2D eigenvalue weighted by Crippen LogP contribution is 2.22. The molecule has 0 saturated heterocycles. The van der Waals surface area contributed by atoms with E-state index >= 15 is 0 Å². The molecule has 0 aromatic heterocycles. The van der Waals surface area contributed by atoms with Crippen molar-refractivity contribution >= 4 is 40.6 Å². The van der Waals surface area contributed by atoms with E-state index < -0.39 is 0 Å². The highest BCUT2D eigenvalue weighted by atomic mass is 35.5. The van der Waals surface area contributed by atoms with Crippen molar-refractivity contribution in [2.45, 2.75) is 6.54 Å². The van der Waals surface area contributed by atoms with Crippen LogP contribution in [-0.4, -0.2) is 21.6 Å². The van der Waals surface area contributed by atoms with Crippen LogP contribution in [0, 0.1) is 5.92 Å². The van der Waals surface area contributed by atoms with Crippen LogP contribution in [-0.2, 0) is 11.3 Å². The van der Waals surface area contributed by atoms with Crippen molar-refractivity contribution < 1.29 is 4.79 Å². The predicted octanol–water partition coefficient (Wildman–Crippen LogP) is 3.15. The largest absolute Gasteiger partial charge is 0.282 e. The number of thiocarbonyl (C=S) groups is 1. The number of hydrogen-bond acceptors (Lipinski definition) is 2. The van der Waals surface area contributed by atoms with Gasteiger partial charge in [0.1, 0.15) is 0 Å². The molecule has 1 unspecified atom stereocenters. The van der Waals surface area contributed by atoms with Crippen molar-refractivity contribution in [2.75, 3.05) is 0 Å². The zero-order chi connectivity index (χ0) is 14.1. The summed E-state index contributed by atoms with van der Waals surface area (Å²) in [7, 11) is 0. The van der Waals surface area contributed by atoms with E-state index in [1.807, 2.05) is 42.5 Å². The fourth-order valence-corrected chi connectivity index (χ4v) is 2.72. The van der Waals surface area contributed by atoms with E-state index in [1.165, 1.54) is 4.90 Å². The van der Waals surface area contributed by atoms with Crippen LogP contribution in [0.3, 0.4) is 0 Å². The van der Waals surface area contributed by atoms with Gasteiger partial charge in [-0.05, 0) is 36.0 Å². The normalized spacial score (nSPS) is 20.9. The van der Waals surface area contributed by atoms with Gasteiger partial charge in [-0.3, -0.25) is 9.69 Å². The van der Waals surface area contributed by atoms with Crippen LogP contribution in [0.15, 0.2) is 53.6 Å². The number of halogens is 1. The average molecular weight is 303 g/mol. The van der Waals surface area contributed by atoms with Gasteiger partial charge in [-0.15, -0.1) is 0 Å². The Hall–Kier alpha value is -1.78. The fraction of sp³-hybridized carbons (Fsp3) is 0.133. The Morgan fingerprint density at radius 3 is 3.00 bits per heavy atom. The lowest BCUT2D eigenvalue weighted by Crippen LogP contribution is -2.45. The van der Waals surface area contributed by atoms with Crippen molar-refractivity contribution in [1.82, 2.24) is 4.90 Å². The molecule has 1 heterocycles. The number of allylic oxidation sites excluding steroid dienone is 3. The Balaban J connectivity index is 1.89. The molecule has 0 radical (unpaired) electrons. The molecule has 2 aliphatic rings. The van der Waals surface area contributed by atoms with Gasteiger partial charge in [0.25, 0.3) is 0 Å². The molecule has 100 valence electrons. The molecular weight excluding hydrogens is 292 g/mol. The minimum atomic E-state index is -0.328. The third-order valence-corrected chi connectivity index (χ3v) is 3.76. The number of aliphatic imine (C=N–C) groups is 1. The first kappa shape index (κ1) is 13.2. The highest BCUT2D eigenvalue weighted by Gasteiger charge is 2.33. The summed E-state index contributed by atoms with van der Waals surface area (Å²) < 4.78 is 0. The second-order valence-electron chi connectivity index (χ2n) is 4.60. The van der Waals surface area contributed by atoms with Crippen LogP contribution in [0.4, 0.5) is 0 Å². The molecule has 20 heavy (non-hydrogen) atoms. The van der Waals surface area contributed by atoms with Gasteiger partial charge in [0.15, 0.2) is 0 Å². The van der Waals surface area contributed by atoms with E-state index in [4.69, 9.17) is 23.8 Å². The molecule has 1 aliphatic carbocycles. The van der Waals surface area contributed by atoms with Crippen molar-refractivity contribution in [3.05, 3.63) is 59.2 Å². The van der Waals surface area contributed by atoms with Gasteiger partial charge in [-0.1, -0.05) is 42.0 Å². The Kier molecular flexibility index (Phi) is 3.51. The smallest absolute Gasteiger partial charge is 0.242 e. The second kappa shape index (κ2) is 5.31. The average Bonchev–Trinajstić information content (AvgIpc) is 2.43. The van der Waals surface area contributed by atoms with Crippen LogP contribution in [0.5, 0.6) is 0 Å². The topological polar surface area (TPSA) is 32.7 Å². The molecule has 0 saturated carbocycles. The first-order chi connectivity index (χ1) is 9.65. The number of fused-ring (bicyclic) bond motifs is 1.